The summed E-state index contributed by atoms with van der Waals surface area (Å²) < 4.78 is 23.2. The molecule has 2 N–H and O–H groups in total. The molecule has 0 spiro atoms. The number of nitrogens with zero attached hydrogens (tertiary/aromatic N) is 1. The van der Waals surface area contributed by atoms with Crippen molar-refractivity contribution in [1.29, 1.82) is 0 Å². The number of benzene rings is 2. The quantitative estimate of drug-likeness (QED) is 0.402. The number of rotatable bonds is 7. The highest BCUT2D eigenvalue weighted by molar-refractivity contribution is 6.16. The predicted molar refractivity (Wildman–Crippen MR) is 120 cm³/mol. The van der Waals surface area contributed by atoms with Crippen LogP contribution in [0.3, 0.4) is 0 Å². The summed E-state index contributed by atoms with van der Waals surface area (Å²) in [5.74, 6) is 0.731. The van der Waals surface area contributed by atoms with Gasteiger partial charge in [0.15, 0.2) is 34.9 Å². The topological polar surface area (TPSA) is 116 Å². The summed E-state index contributed by atoms with van der Waals surface area (Å²) in [6.45, 7) is 0. The first-order valence-electron chi connectivity index (χ1n) is 10.4. The molecule has 10 nitrogen and oxygen atoms in total. The summed E-state index contributed by atoms with van der Waals surface area (Å²) >= 11 is 0. The Morgan fingerprint density at radius 1 is 0.765 bits per heavy atom. The van der Waals surface area contributed by atoms with Gasteiger partial charge in [-0.1, -0.05) is 6.07 Å². The third-order valence-electron chi connectivity index (χ3n) is 5.66. The molecular weight excluding hydrogens is 442 g/mol. The molecule has 2 heterocycles. The number of amides is 4. The molecule has 10 heteroatoms. The third-order valence-corrected chi connectivity index (χ3v) is 5.66. The van der Waals surface area contributed by atoms with Crippen molar-refractivity contribution in [1.82, 2.24) is 10.6 Å². The fraction of sp³-hybridized carbons (Fsp3) is 0.250. The maximum atomic E-state index is 12.7. The van der Waals surface area contributed by atoms with E-state index < -0.39 is 23.9 Å². The molecule has 1 aliphatic rings. The molecule has 0 saturated carbocycles. The summed E-state index contributed by atoms with van der Waals surface area (Å²) in [5.41, 5.74) is 1.50. The van der Waals surface area contributed by atoms with Crippen LogP contribution < -0.4 is 34.1 Å². The van der Waals surface area contributed by atoms with Gasteiger partial charge in [0.25, 0.3) is 0 Å². The lowest BCUT2D eigenvalue weighted by atomic mass is 10.0. The molecule has 4 amide bonds. The molecule has 0 aliphatic carbocycles. The number of hydrogen-bond donors (Lipinski definition) is 2. The van der Waals surface area contributed by atoms with Gasteiger partial charge in [-0.3, -0.25) is 20.2 Å². The molecule has 176 valence electrons. The smallest absolute Gasteiger partial charge is 0.328 e. The Bertz CT molecular complexity index is 1290. The van der Waals surface area contributed by atoms with Crippen molar-refractivity contribution < 1.29 is 37.9 Å². The van der Waals surface area contributed by atoms with E-state index >= 15 is 0 Å². The average Bonchev–Trinajstić information content (AvgIpc) is 2.83. The van der Waals surface area contributed by atoms with E-state index in [0.717, 1.165) is 16.3 Å². The normalized spacial score (nSPS) is 13.9. The van der Waals surface area contributed by atoms with Crippen LogP contribution in [0.4, 0.5) is 4.79 Å². The Labute approximate surface area is 195 Å². The van der Waals surface area contributed by atoms with E-state index in [0.29, 0.717) is 35.1 Å². The van der Waals surface area contributed by atoms with Crippen LogP contribution in [0.1, 0.15) is 17.3 Å². The summed E-state index contributed by atoms with van der Waals surface area (Å²) in [4.78, 5) is 36.9. The molecule has 0 atom stereocenters. The number of carbonyl (C=O) groups excluding carboxylic acids is 3. The lowest BCUT2D eigenvalue weighted by molar-refractivity contribution is -0.702. The van der Waals surface area contributed by atoms with E-state index in [2.05, 4.69) is 10.6 Å². The number of ether oxygens (including phenoxy) is 4. The van der Waals surface area contributed by atoms with E-state index in [9.17, 15) is 14.4 Å². The van der Waals surface area contributed by atoms with Gasteiger partial charge in [-0.25, -0.2) is 4.79 Å². The largest absolute Gasteiger partial charge is 0.493 e. The number of hydrogen-bond acceptors (Lipinski definition) is 7. The average molecular weight is 466 g/mol. The molecule has 1 aromatic heterocycles. The molecule has 0 unspecified atom stereocenters. The highest BCUT2D eigenvalue weighted by Gasteiger charge is 2.43. The van der Waals surface area contributed by atoms with E-state index in [1.54, 1.807) is 50.3 Å². The standard InChI is InChI=1S/C24H23N3O7/c1-31-17-6-5-13(10-18(17)32-2)9-16-15-12-20(34-4)19(33-3)11-14(15)7-8-27(16)21-22(28)25-24(30)26-23(21)29/h5-8,10-12,21H,9H2,1-4H3,(H-,25,26,28,29,30)/p+1. The van der Waals surface area contributed by atoms with Gasteiger partial charge in [-0.15, -0.1) is 0 Å². The van der Waals surface area contributed by atoms with Gasteiger partial charge in [-0.2, -0.15) is 4.57 Å². The molecule has 0 radical (unpaired) electrons. The maximum absolute atomic E-state index is 12.7. The zero-order valence-corrected chi connectivity index (χ0v) is 19.1. The third kappa shape index (κ3) is 4.05. The first-order valence-corrected chi connectivity index (χ1v) is 10.4. The molecule has 1 aliphatic heterocycles. The second-order valence-electron chi connectivity index (χ2n) is 7.54. The van der Waals surface area contributed by atoms with Crippen molar-refractivity contribution in [3.8, 4) is 23.0 Å². The number of carbonyl (C=O) groups is 3. The summed E-state index contributed by atoms with van der Waals surface area (Å²) in [6, 6.07) is 8.75. The monoisotopic (exact) mass is 466 g/mol. The summed E-state index contributed by atoms with van der Waals surface area (Å²) in [6.07, 6.45) is 1.97. The van der Waals surface area contributed by atoms with Crippen molar-refractivity contribution >= 4 is 28.6 Å². The first-order chi connectivity index (χ1) is 16.4. The van der Waals surface area contributed by atoms with Gasteiger partial charge in [0.2, 0.25) is 0 Å². The minimum Gasteiger partial charge on any atom is -0.493 e. The Morgan fingerprint density at radius 2 is 1.35 bits per heavy atom. The number of pyridine rings is 1. The highest BCUT2D eigenvalue weighted by Crippen LogP contribution is 2.34. The van der Waals surface area contributed by atoms with Crippen LogP contribution in [-0.2, 0) is 16.0 Å². The minimum absolute atomic E-state index is 0.332. The van der Waals surface area contributed by atoms with Gasteiger partial charge >= 0.3 is 23.9 Å². The lowest BCUT2D eigenvalue weighted by Gasteiger charge is -2.20. The predicted octanol–water partition coefficient (Wildman–Crippen LogP) is 1.66. The van der Waals surface area contributed by atoms with Crippen LogP contribution >= 0.6 is 0 Å². The van der Waals surface area contributed by atoms with Crippen LogP contribution in [0.2, 0.25) is 0 Å². The van der Waals surface area contributed by atoms with Crippen molar-refractivity contribution in [2.75, 3.05) is 28.4 Å². The van der Waals surface area contributed by atoms with Gasteiger partial charge < -0.3 is 18.9 Å². The first kappa shape index (κ1) is 22.8. The van der Waals surface area contributed by atoms with E-state index in [1.807, 2.05) is 18.2 Å². The number of barbiturate groups is 1. The van der Waals surface area contributed by atoms with E-state index in [4.69, 9.17) is 18.9 Å². The maximum Gasteiger partial charge on any atom is 0.328 e. The van der Waals surface area contributed by atoms with Gasteiger partial charge in [0, 0.05) is 6.07 Å². The summed E-state index contributed by atoms with van der Waals surface area (Å²) in [5, 5.41) is 5.88. The molecule has 4 rings (SSSR count). The summed E-state index contributed by atoms with van der Waals surface area (Å²) in [7, 11) is 6.18. The number of nitrogens with one attached hydrogen (secondary N) is 2. The minimum atomic E-state index is -1.27. The number of methoxy groups -OCH3 is 4. The van der Waals surface area contributed by atoms with Crippen LogP contribution in [0.5, 0.6) is 23.0 Å². The zero-order valence-electron chi connectivity index (χ0n) is 19.1. The fourth-order valence-electron chi connectivity index (χ4n) is 4.05. The Hall–Kier alpha value is -4.34. The van der Waals surface area contributed by atoms with Crippen LogP contribution in [0.25, 0.3) is 10.8 Å². The number of imide groups is 2. The van der Waals surface area contributed by atoms with Crippen molar-refractivity contribution in [2.24, 2.45) is 0 Å². The van der Waals surface area contributed by atoms with Crippen molar-refractivity contribution in [2.45, 2.75) is 12.5 Å². The number of fused-ring (bicyclic) bond motifs is 1. The molecule has 34 heavy (non-hydrogen) atoms. The van der Waals surface area contributed by atoms with Crippen LogP contribution in [-0.4, -0.2) is 46.3 Å². The zero-order chi connectivity index (χ0) is 24.4. The second kappa shape index (κ2) is 9.26. The molecule has 0 bridgehead atoms. The molecule has 3 aromatic rings. The lowest BCUT2D eigenvalue weighted by Crippen LogP contribution is -2.64. The highest BCUT2D eigenvalue weighted by atomic mass is 16.5. The van der Waals surface area contributed by atoms with E-state index in [1.165, 1.54) is 7.11 Å². The Kier molecular flexibility index (Phi) is 6.22. The van der Waals surface area contributed by atoms with Gasteiger partial charge in [-0.05, 0) is 35.2 Å². The van der Waals surface area contributed by atoms with Crippen molar-refractivity contribution in [3.63, 3.8) is 0 Å². The Balaban J connectivity index is 1.93. The van der Waals surface area contributed by atoms with Crippen LogP contribution in [0, 0.1) is 0 Å². The van der Waals surface area contributed by atoms with E-state index in [-0.39, 0.29) is 0 Å². The molecule has 1 saturated heterocycles. The van der Waals surface area contributed by atoms with Gasteiger partial charge in [0.1, 0.15) is 0 Å². The van der Waals surface area contributed by atoms with Crippen LogP contribution in [0.15, 0.2) is 42.6 Å². The molecule has 1 fully saturated rings. The molecule has 2 aromatic carbocycles. The molecular formula is C24H24N3O7+. The second-order valence-corrected chi connectivity index (χ2v) is 7.54. The Morgan fingerprint density at radius 3 is 1.97 bits per heavy atom. The fourth-order valence-corrected chi connectivity index (χ4v) is 4.05. The SMILES string of the molecule is COc1ccc(Cc2c3cc(OC)c(OC)cc3cc[n+]2C2C(=O)NC(=O)NC2=O)cc1OC. The van der Waals surface area contributed by atoms with Crippen molar-refractivity contribution in [3.05, 3.63) is 53.9 Å². The van der Waals surface area contributed by atoms with Gasteiger partial charge in [0.05, 0.1) is 40.2 Å². The number of urea groups is 1. The number of aromatic nitrogens is 1.